The van der Waals surface area contributed by atoms with E-state index in [0.717, 1.165) is 5.75 Å². The predicted molar refractivity (Wildman–Crippen MR) is 55.4 cm³/mol. The monoisotopic (exact) mass is 252 g/mol. The molecule has 3 fully saturated rings. The van der Waals surface area contributed by atoms with Crippen molar-refractivity contribution >= 4 is 20.4 Å². The number of fused-ring (bicyclic) bond motifs is 4. The fourth-order valence-electron chi connectivity index (χ4n) is 2.00. The summed E-state index contributed by atoms with van der Waals surface area (Å²) in [5.74, 6) is 0.915. The molecule has 1 N–H and O–H groups in total. The molecule has 0 aromatic heterocycles. The van der Waals surface area contributed by atoms with E-state index in [0.29, 0.717) is 6.61 Å². The molecule has 3 rings (SSSR count). The number of rotatable bonds is 2. The zero-order valence-electron chi connectivity index (χ0n) is 8.24. The molecule has 0 aromatic rings. The molecule has 5 nitrogen and oxygen atoms in total. The third-order valence-electron chi connectivity index (χ3n) is 2.70. The summed E-state index contributed by atoms with van der Waals surface area (Å²) in [5, 5.41) is 10.0. The summed E-state index contributed by atoms with van der Waals surface area (Å²) in [6.45, 7) is 2.56. The van der Waals surface area contributed by atoms with Crippen LogP contribution in [0.25, 0.3) is 0 Å². The summed E-state index contributed by atoms with van der Waals surface area (Å²) in [6.07, 6.45) is -1.09. The first-order chi connectivity index (χ1) is 7.29. The van der Waals surface area contributed by atoms with E-state index in [1.54, 1.807) is 11.8 Å². The van der Waals surface area contributed by atoms with Crippen LogP contribution in [0.5, 0.6) is 0 Å². The van der Waals surface area contributed by atoms with Gasteiger partial charge in [-0.1, -0.05) is 6.92 Å². The van der Waals surface area contributed by atoms with E-state index in [4.69, 9.17) is 18.3 Å². The quantitative estimate of drug-likeness (QED) is 0.736. The molecular weight excluding hydrogens is 239 g/mol. The topological polar surface area (TPSA) is 57.2 Å². The molecule has 0 aliphatic carbocycles. The van der Waals surface area contributed by atoms with Crippen molar-refractivity contribution < 1.29 is 23.4 Å². The fourth-order valence-corrected chi connectivity index (χ4v) is 4.17. The first-order valence-electron chi connectivity index (χ1n) is 5.01. The number of aliphatic hydroxyl groups is 1. The largest absolute Gasteiger partial charge is 0.387 e. The summed E-state index contributed by atoms with van der Waals surface area (Å²) < 4.78 is 22.0. The predicted octanol–water partition coefficient (Wildman–Crippen LogP) is 0.866. The molecule has 15 heavy (non-hydrogen) atoms. The summed E-state index contributed by atoms with van der Waals surface area (Å²) in [6, 6.07) is 0. The minimum Gasteiger partial charge on any atom is -0.387 e. The lowest BCUT2D eigenvalue weighted by atomic mass is 10.1. The van der Waals surface area contributed by atoms with Crippen LogP contribution in [-0.4, -0.2) is 47.3 Å². The van der Waals surface area contributed by atoms with Crippen molar-refractivity contribution in [2.24, 2.45) is 0 Å². The van der Waals surface area contributed by atoms with Gasteiger partial charge in [-0.25, -0.2) is 0 Å². The number of aliphatic hydroxyl groups excluding tert-OH is 1. The van der Waals surface area contributed by atoms with Gasteiger partial charge < -0.3 is 23.4 Å². The number of thioether (sulfide) groups is 1. The highest BCUT2D eigenvalue weighted by molar-refractivity contribution is 7.99. The maximum Gasteiger partial charge on any atom is 0.333 e. The molecule has 86 valence electrons. The standard InChI is InChI=1S/C8H13O5PS/c1-2-15-8-5(9)7-6(11-8)4-3-10-14(12-4)13-7/h4-9H,2-3H2,1H3/t4-,5?,6?,7-,8?,14-/m1/s1. The van der Waals surface area contributed by atoms with Gasteiger partial charge in [0.2, 0.25) is 0 Å². The smallest absolute Gasteiger partial charge is 0.333 e. The summed E-state index contributed by atoms with van der Waals surface area (Å²) >= 11 is 1.60. The molecular formula is C8H13O5PS. The molecule has 3 saturated heterocycles. The third kappa shape index (κ3) is 1.72. The first-order valence-corrected chi connectivity index (χ1v) is 7.15. The van der Waals surface area contributed by atoms with E-state index in [-0.39, 0.29) is 23.7 Å². The van der Waals surface area contributed by atoms with E-state index in [2.05, 4.69) is 0 Å². The van der Waals surface area contributed by atoms with E-state index < -0.39 is 14.7 Å². The Labute approximate surface area is 93.4 Å². The lowest BCUT2D eigenvalue weighted by molar-refractivity contribution is -0.0496. The number of hydrogen-bond donors (Lipinski definition) is 1. The van der Waals surface area contributed by atoms with E-state index in [9.17, 15) is 5.11 Å². The molecule has 0 spiro atoms. The van der Waals surface area contributed by atoms with E-state index in [1.807, 2.05) is 6.92 Å². The Bertz CT molecular complexity index is 255. The molecule has 3 heterocycles. The van der Waals surface area contributed by atoms with Crippen molar-refractivity contribution in [1.29, 1.82) is 0 Å². The summed E-state index contributed by atoms with van der Waals surface area (Å²) in [4.78, 5) is 0. The van der Waals surface area contributed by atoms with Crippen molar-refractivity contribution in [3.8, 4) is 0 Å². The first kappa shape index (κ1) is 10.7. The van der Waals surface area contributed by atoms with Crippen LogP contribution >= 0.6 is 20.4 Å². The highest BCUT2D eigenvalue weighted by atomic mass is 32.2. The minimum absolute atomic E-state index is 0.0630. The Kier molecular flexibility index (Phi) is 2.94. The van der Waals surface area contributed by atoms with Crippen molar-refractivity contribution in [3.63, 3.8) is 0 Å². The zero-order valence-corrected chi connectivity index (χ0v) is 9.95. The fraction of sp³-hybridized carbons (Fsp3) is 1.00. The Morgan fingerprint density at radius 3 is 3.07 bits per heavy atom. The van der Waals surface area contributed by atoms with Gasteiger partial charge in [0.25, 0.3) is 0 Å². The third-order valence-corrected chi connectivity index (χ3v) is 4.97. The second-order valence-corrected chi connectivity index (χ2v) is 6.15. The summed E-state index contributed by atoms with van der Waals surface area (Å²) in [5.41, 5.74) is -0.191. The molecule has 7 heteroatoms. The average molecular weight is 252 g/mol. The second-order valence-electron chi connectivity index (χ2n) is 3.65. The van der Waals surface area contributed by atoms with Gasteiger partial charge in [-0.05, 0) is 5.75 Å². The number of hydrogen-bond acceptors (Lipinski definition) is 6. The van der Waals surface area contributed by atoms with Crippen LogP contribution in [0.1, 0.15) is 6.92 Å². The van der Waals surface area contributed by atoms with Crippen molar-refractivity contribution in [2.45, 2.75) is 36.8 Å². The Morgan fingerprint density at radius 1 is 1.40 bits per heavy atom. The van der Waals surface area contributed by atoms with Gasteiger partial charge >= 0.3 is 8.60 Å². The average Bonchev–Trinajstić information content (AvgIpc) is 2.75. The van der Waals surface area contributed by atoms with Crippen LogP contribution < -0.4 is 0 Å². The SMILES string of the molecule is CCSC1OC2[C@H](O[P@]3OC[C@H]2O3)C1O. The van der Waals surface area contributed by atoms with Crippen molar-refractivity contribution in [1.82, 2.24) is 0 Å². The van der Waals surface area contributed by atoms with E-state index >= 15 is 0 Å². The van der Waals surface area contributed by atoms with Gasteiger partial charge in [-0.2, -0.15) is 0 Å². The molecule has 2 bridgehead atoms. The summed E-state index contributed by atoms with van der Waals surface area (Å²) in [7, 11) is -1.23. The lowest BCUT2D eigenvalue weighted by Crippen LogP contribution is -2.42. The second kappa shape index (κ2) is 4.11. The Balaban J connectivity index is 1.75. The van der Waals surface area contributed by atoms with Gasteiger partial charge in [-0.3, -0.25) is 0 Å². The Morgan fingerprint density at radius 2 is 2.27 bits per heavy atom. The molecule has 0 radical (unpaired) electrons. The van der Waals surface area contributed by atoms with Gasteiger partial charge in [0.05, 0.1) is 6.61 Å². The van der Waals surface area contributed by atoms with E-state index in [1.165, 1.54) is 0 Å². The Hall–Kier alpha value is 0.580. The maximum absolute atomic E-state index is 10.0. The number of ether oxygens (including phenoxy) is 1. The molecule has 3 aliphatic rings. The van der Waals surface area contributed by atoms with Gasteiger partial charge in [-0.15, -0.1) is 11.8 Å². The van der Waals surface area contributed by atoms with Crippen LogP contribution in [0.3, 0.4) is 0 Å². The minimum atomic E-state index is -1.23. The highest BCUT2D eigenvalue weighted by Gasteiger charge is 2.56. The van der Waals surface area contributed by atoms with Gasteiger partial charge in [0.1, 0.15) is 29.9 Å². The molecule has 0 amide bonds. The maximum atomic E-state index is 10.0. The van der Waals surface area contributed by atoms with Crippen molar-refractivity contribution in [3.05, 3.63) is 0 Å². The molecule has 0 saturated carbocycles. The van der Waals surface area contributed by atoms with Crippen LogP contribution in [0, 0.1) is 0 Å². The van der Waals surface area contributed by atoms with Crippen molar-refractivity contribution in [2.75, 3.05) is 12.4 Å². The van der Waals surface area contributed by atoms with Gasteiger partial charge in [0.15, 0.2) is 0 Å². The van der Waals surface area contributed by atoms with Crippen LogP contribution in [0.4, 0.5) is 0 Å². The molecule has 0 aromatic carbocycles. The van der Waals surface area contributed by atoms with Crippen LogP contribution in [-0.2, 0) is 18.3 Å². The molecule has 6 atom stereocenters. The highest BCUT2D eigenvalue weighted by Crippen LogP contribution is 2.56. The lowest BCUT2D eigenvalue weighted by Gasteiger charge is -2.28. The van der Waals surface area contributed by atoms with Gasteiger partial charge in [0, 0.05) is 0 Å². The molecule has 3 unspecified atom stereocenters. The molecule has 3 aliphatic heterocycles. The van der Waals surface area contributed by atoms with Crippen LogP contribution in [0.2, 0.25) is 0 Å². The normalized spacial score (nSPS) is 53.2. The van der Waals surface area contributed by atoms with Crippen LogP contribution in [0.15, 0.2) is 0 Å². The zero-order chi connectivity index (χ0) is 10.4.